The Labute approximate surface area is 123 Å². The van der Waals surface area contributed by atoms with E-state index in [4.69, 9.17) is 5.11 Å². The van der Waals surface area contributed by atoms with E-state index in [1.165, 1.54) is 12.1 Å². The maximum atomic E-state index is 11.8. The molecule has 7 nitrogen and oxygen atoms in total. The lowest BCUT2D eigenvalue weighted by atomic mass is 9.95. The third-order valence-electron chi connectivity index (χ3n) is 3.46. The van der Waals surface area contributed by atoms with E-state index in [9.17, 15) is 14.9 Å². The monoisotopic (exact) mass is 295 g/mol. The Balaban J connectivity index is 2.51. The molecule has 7 heteroatoms. The van der Waals surface area contributed by atoms with Crippen molar-refractivity contribution in [2.45, 2.75) is 38.8 Å². The van der Waals surface area contributed by atoms with Gasteiger partial charge >= 0.3 is 6.03 Å². The van der Waals surface area contributed by atoms with Crippen LogP contribution in [0.2, 0.25) is 0 Å². The van der Waals surface area contributed by atoms with Crippen LogP contribution < -0.4 is 10.6 Å². The van der Waals surface area contributed by atoms with Crippen molar-refractivity contribution in [2.75, 3.05) is 6.61 Å². The zero-order chi connectivity index (χ0) is 15.9. The number of urea groups is 1. The lowest BCUT2D eigenvalue weighted by molar-refractivity contribution is -0.384. The van der Waals surface area contributed by atoms with Gasteiger partial charge in [-0.05, 0) is 25.3 Å². The van der Waals surface area contributed by atoms with E-state index in [1.807, 2.05) is 13.8 Å². The fourth-order valence-corrected chi connectivity index (χ4v) is 1.81. The minimum atomic E-state index is -0.467. The molecule has 0 saturated heterocycles. The standard InChI is InChI=1S/C14H21N3O4/c1-3-14(2,8-9-18)16-13(19)15-10-11-4-6-12(7-5-11)17(20)21/h4-7,18H,3,8-10H2,1-2H3,(H2,15,16,19). The molecule has 1 aromatic rings. The number of hydrogen-bond acceptors (Lipinski definition) is 4. The number of aliphatic hydroxyl groups is 1. The molecule has 0 saturated carbocycles. The number of nitro benzene ring substituents is 1. The van der Waals surface area contributed by atoms with Crippen molar-refractivity contribution < 1.29 is 14.8 Å². The summed E-state index contributed by atoms with van der Waals surface area (Å²) in [6.45, 7) is 4.09. The maximum Gasteiger partial charge on any atom is 0.315 e. The molecule has 0 spiro atoms. The average molecular weight is 295 g/mol. The van der Waals surface area contributed by atoms with Crippen molar-refractivity contribution in [3.8, 4) is 0 Å². The molecule has 2 amide bonds. The van der Waals surface area contributed by atoms with Gasteiger partial charge in [-0.25, -0.2) is 4.79 Å². The fourth-order valence-electron chi connectivity index (χ4n) is 1.81. The summed E-state index contributed by atoms with van der Waals surface area (Å²) in [7, 11) is 0. The molecular weight excluding hydrogens is 274 g/mol. The number of non-ortho nitro benzene ring substituents is 1. The molecule has 0 heterocycles. The van der Waals surface area contributed by atoms with Crippen molar-refractivity contribution in [3.63, 3.8) is 0 Å². The summed E-state index contributed by atoms with van der Waals surface area (Å²) in [5.41, 5.74) is 0.342. The molecule has 21 heavy (non-hydrogen) atoms. The van der Waals surface area contributed by atoms with Crippen LogP contribution in [0.1, 0.15) is 32.3 Å². The number of nitrogens with one attached hydrogen (secondary N) is 2. The van der Waals surface area contributed by atoms with E-state index >= 15 is 0 Å². The Morgan fingerprint density at radius 3 is 2.48 bits per heavy atom. The van der Waals surface area contributed by atoms with E-state index < -0.39 is 10.5 Å². The topological polar surface area (TPSA) is 104 Å². The minimum absolute atomic E-state index is 0.00692. The number of hydrogen-bond donors (Lipinski definition) is 3. The number of nitrogens with zero attached hydrogens (tertiary/aromatic N) is 1. The van der Waals surface area contributed by atoms with Crippen LogP contribution in [0.25, 0.3) is 0 Å². The van der Waals surface area contributed by atoms with Gasteiger partial charge in [0.15, 0.2) is 0 Å². The van der Waals surface area contributed by atoms with Crippen molar-refractivity contribution in [2.24, 2.45) is 0 Å². The number of carbonyl (C=O) groups excluding carboxylic acids is 1. The van der Waals surface area contributed by atoms with Crippen LogP contribution in [-0.2, 0) is 6.54 Å². The average Bonchev–Trinajstić information content (AvgIpc) is 2.45. The summed E-state index contributed by atoms with van der Waals surface area (Å²) in [5, 5.41) is 25.1. The Morgan fingerprint density at radius 2 is 2.00 bits per heavy atom. The predicted octanol–water partition coefficient (Wildman–Crippen LogP) is 1.95. The maximum absolute atomic E-state index is 11.8. The van der Waals surface area contributed by atoms with Gasteiger partial charge in [-0.15, -0.1) is 0 Å². The third-order valence-corrected chi connectivity index (χ3v) is 3.46. The summed E-state index contributed by atoms with van der Waals surface area (Å²) in [6, 6.07) is 5.68. The highest BCUT2D eigenvalue weighted by molar-refractivity contribution is 5.74. The SMILES string of the molecule is CCC(C)(CCO)NC(=O)NCc1ccc([N+](=O)[O-])cc1. The van der Waals surface area contributed by atoms with Gasteiger partial charge in [0.05, 0.1) is 4.92 Å². The zero-order valence-electron chi connectivity index (χ0n) is 12.3. The molecule has 1 rings (SSSR count). The number of rotatable bonds is 7. The van der Waals surface area contributed by atoms with Crippen LogP contribution in [0.15, 0.2) is 24.3 Å². The quantitative estimate of drug-likeness (QED) is 0.528. The molecule has 0 fully saturated rings. The van der Waals surface area contributed by atoms with Gasteiger partial charge in [-0.2, -0.15) is 0 Å². The smallest absolute Gasteiger partial charge is 0.315 e. The van der Waals surface area contributed by atoms with Gasteiger partial charge in [0.25, 0.3) is 5.69 Å². The summed E-state index contributed by atoms with van der Waals surface area (Å²) >= 11 is 0. The highest BCUT2D eigenvalue weighted by Gasteiger charge is 2.23. The minimum Gasteiger partial charge on any atom is -0.396 e. The fraction of sp³-hybridized carbons (Fsp3) is 0.500. The highest BCUT2D eigenvalue weighted by atomic mass is 16.6. The number of carbonyl (C=O) groups is 1. The van der Waals surface area contributed by atoms with E-state index in [0.29, 0.717) is 12.8 Å². The lowest BCUT2D eigenvalue weighted by Gasteiger charge is -2.29. The van der Waals surface area contributed by atoms with E-state index in [2.05, 4.69) is 10.6 Å². The van der Waals surface area contributed by atoms with E-state index in [-0.39, 0.29) is 24.9 Å². The predicted molar refractivity (Wildman–Crippen MR) is 78.9 cm³/mol. The normalized spacial score (nSPS) is 13.3. The van der Waals surface area contributed by atoms with E-state index in [0.717, 1.165) is 5.56 Å². The van der Waals surface area contributed by atoms with Gasteiger partial charge in [0.1, 0.15) is 0 Å². The first kappa shape index (κ1) is 16.9. The molecule has 0 aliphatic rings. The molecule has 3 N–H and O–H groups in total. The second-order valence-electron chi connectivity index (χ2n) is 5.12. The van der Waals surface area contributed by atoms with Crippen LogP contribution in [0.5, 0.6) is 0 Å². The van der Waals surface area contributed by atoms with Crippen LogP contribution in [0.3, 0.4) is 0 Å². The van der Waals surface area contributed by atoms with Crippen LogP contribution in [-0.4, -0.2) is 28.2 Å². The lowest BCUT2D eigenvalue weighted by Crippen LogP contribution is -2.50. The van der Waals surface area contributed by atoms with Crippen LogP contribution in [0.4, 0.5) is 10.5 Å². The van der Waals surface area contributed by atoms with Crippen molar-refractivity contribution >= 4 is 11.7 Å². The molecule has 1 atom stereocenters. The molecule has 0 aromatic heterocycles. The van der Waals surface area contributed by atoms with E-state index in [1.54, 1.807) is 12.1 Å². The first-order chi connectivity index (χ1) is 9.90. The second-order valence-corrected chi connectivity index (χ2v) is 5.12. The Bertz CT molecular complexity index is 489. The van der Waals surface area contributed by atoms with Gasteiger partial charge in [0, 0.05) is 30.8 Å². The largest absolute Gasteiger partial charge is 0.396 e. The summed E-state index contributed by atoms with van der Waals surface area (Å²) in [6.07, 6.45) is 1.19. The molecule has 0 aliphatic carbocycles. The van der Waals surface area contributed by atoms with Gasteiger partial charge in [-0.3, -0.25) is 10.1 Å². The summed E-state index contributed by atoms with van der Waals surface area (Å²) in [5.74, 6) is 0. The Kier molecular flexibility index (Phi) is 6.10. The molecular formula is C14H21N3O4. The van der Waals surface area contributed by atoms with Crippen molar-refractivity contribution in [1.82, 2.24) is 10.6 Å². The number of amides is 2. The number of benzene rings is 1. The van der Waals surface area contributed by atoms with Crippen molar-refractivity contribution in [3.05, 3.63) is 39.9 Å². The van der Waals surface area contributed by atoms with Crippen molar-refractivity contribution in [1.29, 1.82) is 0 Å². The first-order valence-electron chi connectivity index (χ1n) is 6.80. The summed E-state index contributed by atoms with van der Waals surface area (Å²) in [4.78, 5) is 21.9. The van der Waals surface area contributed by atoms with Crippen LogP contribution >= 0.6 is 0 Å². The molecule has 0 aliphatic heterocycles. The number of aliphatic hydroxyl groups excluding tert-OH is 1. The zero-order valence-corrected chi connectivity index (χ0v) is 12.3. The highest BCUT2D eigenvalue weighted by Crippen LogP contribution is 2.14. The van der Waals surface area contributed by atoms with Gasteiger partial charge < -0.3 is 15.7 Å². The van der Waals surface area contributed by atoms with Gasteiger partial charge in [0.2, 0.25) is 0 Å². The Morgan fingerprint density at radius 1 is 1.38 bits per heavy atom. The first-order valence-corrected chi connectivity index (χ1v) is 6.80. The Hall–Kier alpha value is -2.15. The van der Waals surface area contributed by atoms with Crippen LogP contribution in [0, 0.1) is 10.1 Å². The molecule has 0 bridgehead atoms. The second kappa shape index (κ2) is 7.58. The third kappa shape index (κ3) is 5.39. The van der Waals surface area contributed by atoms with Gasteiger partial charge in [-0.1, -0.05) is 19.1 Å². The number of nitro groups is 1. The molecule has 116 valence electrons. The molecule has 1 aromatic carbocycles. The summed E-state index contributed by atoms with van der Waals surface area (Å²) < 4.78 is 0. The molecule has 0 radical (unpaired) electrons. The molecule has 1 unspecified atom stereocenters.